The highest BCUT2D eigenvalue weighted by Crippen LogP contribution is 2.18. The monoisotopic (exact) mass is 323 g/mol. The highest BCUT2D eigenvalue weighted by Gasteiger charge is 2.14. The lowest BCUT2D eigenvalue weighted by Crippen LogP contribution is -2.26. The van der Waals surface area contributed by atoms with E-state index in [0.29, 0.717) is 6.54 Å². The fraction of sp³-hybridized carbons (Fsp3) is 0.214. The van der Waals surface area contributed by atoms with Crippen molar-refractivity contribution in [3.63, 3.8) is 0 Å². The fourth-order valence-corrected chi connectivity index (χ4v) is 3.03. The molecule has 1 heterocycles. The summed E-state index contributed by atoms with van der Waals surface area (Å²) in [6.45, 7) is 2.59. The number of hydrogen-bond donors (Lipinski definition) is 0. The van der Waals surface area contributed by atoms with E-state index in [1.807, 2.05) is 49.0 Å². The number of aryl methyl sites for hydroxylation is 1. The summed E-state index contributed by atoms with van der Waals surface area (Å²) in [6.07, 6.45) is 0. The maximum atomic E-state index is 12.2. The standard InChI is InChI=1S/C14H14BrNOS/c1-10-8-18-9-13(10)14(17)16(2)7-11-4-3-5-12(15)6-11/h3-6,8-9H,7H2,1-2H3. The summed E-state index contributed by atoms with van der Waals surface area (Å²) in [5, 5.41) is 3.91. The quantitative estimate of drug-likeness (QED) is 0.833. The summed E-state index contributed by atoms with van der Waals surface area (Å²) in [4.78, 5) is 14.0. The number of nitrogens with zero attached hydrogens (tertiary/aromatic N) is 1. The minimum atomic E-state index is 0.0775. The number of hydrogen-bond acceptors (Lipinski definition) is 2. The van der Waals surface area contributed by atoms with Gasteiger partial charge in [-0.05, 0) is 35.6 Å². The summed E-state index contributed by atoms with van der Waals surface area (Å²) in [5.41, 5.74) is 2.97. The van der Waals surface area contributed by atoms with Crippen LogP contribution in [0.1, 0.15) is 21.5 Å². The number of carbonyl (C=O) groups excluding carboxylic acids is 1. The SMILES string of the molecule is Cc1cscc1C(=O)N(C)Cc1cccc(Br)c1. The van der Waals surface area contributed by atoms with Gasteiger partial charge in [0.1, 0.15) is 0 Å². The maximum Gasteiger partial charge on any atom is 0.255 e. The molecule has 2 rings (SSSR count). The second-order valence-corrected chi connectivity index (χ2v) is 5.92. The Morgan fingerprint density at radius 2 is 2.17 bits per heavy atom. The minimum absolute atomic E-state index is 0.0775. The minimum Gasteiger partial charge on any atom is -0.337 e. The molecule has 0 bridgehead atoms. The fourth-order valence-electron chi connectivity index (χ4n) is 1.77. The van der Waals surface area contributed by atoms with Crippen LogP contribution in [0.15, 0.2) is 39.5 Å². The molecule has 0 saturated carbocycles. The molecule has 2 nitrogen and oxygen atoms in total. The van der Waals surface area contributed by atoms with E-state index in [0.717, 1.165) is 21.2 Å². The van der Waals surface area contributed by atoms with E-state index < -0.39 is 0 Å². The van der Waals surface area contributed by atoms with Gasteiger partial charge in [-0.2, -0.15) is 11.3 Å². The Bertz CT molecular complexity index is 564. The zero-order valence-electron chi connectivity index (χ0n) is 10.3. The molecule has 0 fully saturated rings. The molecule has 1 aromatic carbocycles. The number of carbonyl (C=O) groups is 1. The van der Waals surface area contributed by atoms with Crippen molar-refractivity contribution in [1.29, 1.82) is 0 Å². The normalized spacial score (nSPS) is 10.4. The molecule has 0 spiro atoms. The van der Waals surface area contributed by atoms with Crippen molar-refractivity contribution in [1.82, 2.24) is 4.90 Å². The van der Waals surface area contributed by atoms with Gasteiger partial charge in [0.25, 0.3) is 5.91 Å². The largest absolute Gasteiger partial charge is 0.337 e. The van der Waals surface area contributed by atoms with E-state index >= 15 is 0 Å². The third kappa shape index (κ3) is 3.00. The zero-order chi connectivity index (χ0) is 13.1. The lowest BCUT2D eigenvalue weighted by atomic mass is 10.1. The van der Waals surface area contributed by atoms with Crippen LogP contribution >= 0.6 is 27.3 Å². The summed E-state index contributed by atoms with van der Waals surface area (Å²) >= 11 is 5.00. The van der Waals surface area contributed by atoms with Gasteiger partial charge in [0.2, 0.25) is 0 Å². The van der Waals surface area contributed by atoms with Crippen LogP contribution in [-0.2, 0) is 6.54 Å². The van der Waals surface area contributed by atoms with Gasteiger partial charge in [-0.15, -0.1) is 0 Å². The lowest BCUT2D eigenvalue weighted by Gasteiger charge is -2.17. The second kappa shape index (κ2) is 5.67. The predicted molar refractivity (Wildman–Crippen MR) is 79.0 cm³/mol. The Labute approximate surface area is 119 Å². The molecular formula is C14H14BrNOS. The molecule has 4 heteroatoms. The zero-order valence-corrected chi connectivity index (χ0v) is 12.7. The number of amides is 1. The van der Waals surface area contributed by atoms with Gasteiger partial charge in [0.15, 0.2) is 0 Å². The van der Waals surface area contributed by atoms with Crippen LogP contribution in [-0.4, -0.2) is 17.9 Å². The average molecular weight is 324 g/mol. The molecule has 0 radical (unpaired) electrons. The Morgan fingerprint density at radius 3 is 2.78 bits per heavy atom. The van der Waals surface area contributed by atoms with Crippen LogP contribution in [0.5, 0.6) is 0 Å². The third-order valence-corrected chi connectivity index (χ3v) is 4.10. The highest BCUT2D eigenvalue weighted by atomic mass is 79.9. The van der Waals surface area contributed by atoms with Crippen molar-refractivity contribution in [2.24, 2.45) is 0 Å². The molecule has 0 saturated heterocycles. The first-order chi connectivity index (χ1) is 8.58. The van der Waals surface area contributed by atoms with Crippen LogP contribution < -0.4 is 0 Å². The van der Waals surface area contributed by atoms with E-state index in [-0.39, 0.29) is 5.91 Å². The molecule has 1 aromatic heterocycles. The molecule has 2 aromatic rings. The summed E-state index contributed by atoms with van der Waals surface area (Å²) in [5.74, 6) is 0.0775. The van der Waals surface area contributed by atoms with Gasteiger partial charge in [-0.25, -0.2) is 0 Å². The molecule has 0 aliphatic heterocycles. The number of thiophene rings is 1. The van der Waals surface area contributed by atoms with Crippen molar-refractivity contribution < 1.29 is 4.79 Å². The molecule has 0 atom stereocenters. The van der Waals surface area contributed by atoms with Crippen molar-refractivity contribution in [3.8, 4) is 0 Å². The average Bonchev–Trinajstić information content (AvgIpc) is 2.74. The van der Waals surface area contributed by atoms with Gasteiger partial charge in [0.05, 0.1) is 5.56 Å². The molecule has 1 amide bonds. The number of halogens is 1. The van der Waals surface area contributed by atoms with Crippen LogP contribution in [0.3, 0.4) is 0 Å². The van der Waals surface area contributed by atoms with Crippen molar-refractivity contribution in [2.45, 2.75) is 13.5 Å². The van der Waals surface area contributed by atoms with E-state index in [4.69, 9.17) is 0 Å². The Kier molecular flexibility index (Phi) is 4.19. The van der Waals surface area contributed by atoms with Crippen LogP contribution in [0, 0.1) is 6.92 Å². The van der Waals surface area contributed by atoms with Gasteiger partial charge in [0, 0.05) is 23.4 Å². The third-order valence-electron chi connectivity index (χ3n) is 2.74. The molecule has 0 aliphatic carbocycles. The molecule has 18 heavy (non-hydrogen) atoms. The Balaban J connectivity index is 2.11. The topological polar surface area (TPSA) is 20.3 Å². The van der Waals surface area contributed by atoms with E-state index in [9.17, 15) is 4.79 Å². The smallest absolute Gasteiger partial charge is 0.255 e. The number of benzene rings is 1. The van der Waals surface area contributed by atoms with Crippen molar-refractivity contribution >= 4 is 33.2 Å². The highest BCUT2D eigenvalue weighted by molar-refractivity contribution is 9.10. The first kappa shape index (κ1) is 13.3. The van der Waals surface area contributed by atoms with Gasteiger partial charge >= 0.3 is 0 Å². The Morgan fingerprint density at radius 1 is 1.39 bits per heavy atom. The summed E-state index contributed by atoms with van der Waals surface area (Å²) < 4.78 is 1.03. The van der Waals surface area contributed by atoms with Crippen LogP contribution in [0.25, 0.3) is 0 Å². The van der Waals surface area contributed by atoms with E-state index in [1.165, 1.54) is 0 Å². The first-order valence-electron chi connectivity index (χ1n) is 5.60. The van der Waals surface area contributed by atoms with E-state index in [2.05, 4.69) is 15.9 Å². The van der Waals surface area contributed by atoms with Gasteiger partial charge < -0.3 is 4.90 Å². The second-order valence-electron chi connectivity index (χ2n) is 4.26. The van der Waals surface area contributed by atoms with Crippen LogP contribution in [0.2, 0.25) is 0 Å². The molecule has 0 N–H and O–H groups in total. The summed E-state index contributed by atoms with van der Waals surface area (Å²) in [6, 6.07) is 8.02. The summed E-state index contributed by atoms with van der Waals surface area (Å²) in [7, 11) is 1.83. The molecule has 0 aliphatic rings. The molecule has 0 unspecified atom stereocenters. The maximum absolute atomic E-state index is 12.2. The van der Waals surface area contributed by atoms with Crippen LogP contribution in [0.4, 0.5) is 0 Å². The first-order valence-corrected chi connectivity index (χ1v) is 7.34. The molecule has 94 valence electrons. The number of rotatable bonds is 3. The van der Waals surface area contributed by atoms with E-state index in [1.54, 1.807) is 16.2 Å². The van der Waals surface area contributed by atoms with Crippen molar-refractivity contribution in [2.75, 3.05) is 7.05 Å². The molecular weight excluding hydrogens is 310 g/mol. The van der Waals surface area contributed by atoms with Gasteiger partial charge in [-0.1, -0.05) is 28.1 Å². The van der Waals surface area contributed by atoms with Crippen molar-refractivity contribution in [3.05, 3.63) is 56.2 Å². The lowest BCUT2D eigenvalue weighted by molar-refractivity contribution is 0.0785. The predicted octanol–water partition coefficient (Wildman–Crippen LogP) is 4.09. The Hall–Kier alpha value is -1.13. The van der Waals surface area contributed by atoms with Gasteiger partial charge in [-0.3, -0.25) is 4.79 Å².